The highest BCUT2D eigenvalue weighted by molar-refractivity contribution is 14.0. The van der Waals surface area contributed by atoms with Crippen LogP contribution in [0.4, 0.5) is 5.69 Å². The average molecular weight is 417 g/mol. The molecule has 0 radical (unpaired) electrons. The highest BCUT2D eigenvalue weighted by Crippen LogP contribution is 2.23. The fraction of sp³-hybridized carbons (Fsp3) is 0.267. The molecule has 0 aliphatic heterocycles. The van der Waals surface area contributed by atoms with Gasteiger partial charge in [0, 0.05) is 12.5 Å². The quantitative estimate of drug-likeness (QED) is 0.441. The molecule has 3 N–H and O–H groups in total. The third kappa shape index (κ3) is 5.20. The van der Waals surface area contributed by atoms with Gasteiger partial charge in [-0.15, -0.1) is 24.0 Å². The summed E-state index contributed by atoms with van der Waals surface area (Å²) in [6.07, 6.45) is 0. The smallest absolute Gasteiger partial charge is 0.193 e. The standard InChI is InChI=1S/C15H19N3OS.HI/c1-11(12-7-8-20-10-12)9-17-15(16)18-13-5-3-4-6-14(13)19-2;/h3-8,10-11H,9H2,1-2H3,(H3,16,17,18);1H. The third-order valence-corrected chi connectivity index (χ3v) is 3.72. The summed E-state index contributed by atoms with van der Waals surface area (Å²) in [6.45, 7) is 2.80. The number of nitrogens with one attached hydrogen (secondary N) is 1. The van der Waals surface area contributed by atoms with Crippen LogP contribution in [0.1, 0.15) is 18.4 Å². The molecule has 2 aromatic rings. The molecular weight excluding hydrogens is 397 g/mol. The lowest BCUT2D eigenvalue weighted by molar-refractivity contribution is 0.417. The van der Waals surface area contributed by atoms with E-state index < -0.39 is 0 Å². The van der Waals surface area contributed by atoms with Gasteiger partial charge in [-0.25, -0.2) is 0 Å². The Kier molecular flexibility index (Phi) is 7.52. The van der Waals surface area contributed by atoms with Crippen LogP contribution in [0.5, 0.6) is 5.75 Å². The van der Waals surface area contributed by atoms with Crippen LogP contribution in [-0.4, -0.2) is 19.6 Å². The molecule has 0 fully saturated rings. The van der Waals surface area contributed by atoms with E-state index in [1.54, 1.807) is 18.4 Å². The molecule has 2 rings (SSSR count). The highest BCUT2D eigenvalue weighted by Gasteiger charge is 2.06. The minimum Gasteiger partial charge on any atom is -0.495 e. The molecule has 0 aliphatic rings. The predicted octanol–water partition coefficient (Wildman–Crippen LogP) is 3.91. The Morgan fingerprint density at radius 3 is 2.81 bits per heavy atom. The monoisotopic (exact) mass is 417 g/mol. The summed E-state index contributed by atoms with van der Waals surface area (Å²) in [5, 5.41) is 7.29. The molecule has 0 saturated carbocycles. The second-order valence-electron chi connectivity index (χ2n) is 4.51. The molecule has 4 nitrogen and oxygen atoms in total. The number of anilines is 1. The van der Waals surface area contributed by atoms with Crippen molar-refractivity contribution in [1.82, 2.24) is 0 Å². The average Bonchev–Trinajstić information content (AvgIpc) is 2.99. The summed E-state index contributed by atoms with van der Waals surface area (Å²) in [6, 6.07) is 9.74. The minimum absolute atomic E-state index is 0. The number of thiophene rings is 1. The van der Waals surface area contributed by atoms with Gasteiger partial charge in [-0.05, 0) is 34.5 Å². The molecule has 1 aromatic heterocycles. The van der Waals surface area contributed by atoms with E-state index in [9.17, 15) is 0 Å². The number of ether oxygens (including phenoxy) is 1. The number of rotatable bonds is 5. The summed E-state index contributed by atoms with van der Waals surface area (Å²) in [5.41, 5.74) is 8.03. The van der Waals surface area contributed by atoms with E-state index in [4.69, 9.17) is 10.5 Å². The van der Waals surface area contributed by atoms with Crippen LogP contribution in [-0.2, 0) is 0 Å². The van der Waals surface area contributed by atoms with Crippen molar-refractivity contribution in [2.24, 2.45) is 10.7 Å². The van der Waals surface area contributed by atoms with Crippen LogP contribution in [0, 0.1) is 0 Å². The Morgan fingerprint density at radius 1 is 1.38 bits per heavy atom. The largest absolute Gasteiger partial charge is 0.495 e. The molecule has 114 valence electrons. The van der Waals surface area contributed by atoms with Gasteiger partial charge in [-0.3, -0.25) is 4.99 Å². The first kappa shape index (κ1) is 17.8. The fourth-order valence-electron chi connectivity index (χ4n) is 1.82. The van der Waals surface area contributed by atoms with Gasteiger partial charge < -0.3 is 15.8 Å². The molecule has 1 heterocycles. The van der Waals surface area contributed by atoms with Gasteiger partial charge in [0.1, 0.15) is 5.75 Å². The van der Waals surface area contributed by atoms with Crippen molar-refractivity contribution >= 4 is 47.0 Å². The molecule has 1 atom stereocenters. The van der Waals surface area contributed by atoms with Gasteiger partial charge in [0.15, 0.2) is 5.96 Å². The van der Waals surface area contributed by atoms with Crippen LogP contribution in [0.25, 0.3) is 0 Å². The zero-order chi connectivity index (χ0) is 14.4. The van der Waals surface area contributed by atoms with E-state index in [1.165, 1.54) is 5.56 Å². The van der Waals surface area contributed by atoms with Crippen LogP contribution >= 0.6 is 35.3 Å². The number of benzene rings is 1. The molecule has 0 bridgehead atoms. The molecular formula is C15H20IN3OS. The number of nitrogens with two attached hydrogens (primary N) is 1. The minimum atomic E-state index is 0. The molecule has 0 saturated heterocycles. The number of para-hydroxylation sites is 2. The number of aliphatic imine (C=N–C) groups is 1. The molecule has 0 aliphatic carbocycles. The number of halogens is 1. The fourth-order valence-corrected chi connectivity index (χ4v) is 2.60. The first-order chi connectivity index (χ1) is 9.70. The van der Waals surface area contributed by atoms with Gasteiger partial charge in [0.2, 0.25) is 0 Å². The van der Waals surface area contributed by atoms with Gasteiger partial charge in [-0.1, -0.05) is 19.1 Å². The van der Waals surface area contributed by atoms with E-state index in [-0.39, 0.29) is 24.0 Å². The molecule has 0 spiro atoms. The maximum atomic E-state index is 5.92. The first-order valence-corrected chi connectivity index (χ1v) is 7.37. The first-order valence-electron chi connectivity index (χ1n) is 6.42. The normalized spacial score (nSPS) is 12.4. The zero-order valence-electron chi connectivity index (χ0n) is 12.1. The predicted molar refractivity (Wildman–Crippen MR) is 101 cm³/mol. The van der Waals surface area contributed by atoms with Crippen molar-refractivity contribution in [2.75, 3.05) is 19.0 Å². The molecule has 21 heavy (non-hydrogen) atoms. The number of nitrogens with zero attached hydrogens (tertiary/aromatic N) is 1. The summed E-state index contributed by atoms with van der Waals surface area (Å²) >= 11 is 1.70. The van der Waals surface area contributed by atoms with Crippen LogP contribution in [0.3, 0.4) is 0 Å². The second-order valence-corrected chi connectivity index (χ2v) is 5.29. The molecule has 1 aromatic carbocycles. The van der Waals surface area contributed by atoms with Crippen molar-refractivity contribution in [1.29, 1.82) is 0 Å². The van der Waals surface area contributed by atoms with Crippen LogP contribution in [0.15, 0.2) is 46.1 Å². The lowest BCUT2D eigenvalue weighted by Crippen LogP contribution is -2.23. The Hall–Kier alpha value is -1.28. The van der Waals surface area contributed by atoms with Crippen molar-refractivity contribution in [3.63, 3.8) is 0 Å². The summed E-state index contributed by atoms with van der Waals surface area (Å²) < 4.78 is 5.26. The summed E-state index contributed by atoms with van der Waals surface area (Å²) in [7, 11) is 1.63. The van der Waals surface area contributed by atoms with Crippen LogP contribution in [0.2, 0.25) is 0 Å². The van der Waals surface area contributed by atoms with Gasteiger partial charge in [0.05, 0.1) is 12.8 Å². The number of guanidine groups is 1. The SMILES string of the molecule is COc1ccccc1NC(N)=NCC(C)c1ccsc1.I. The van der Waals surface area contributed by atoms with Crippen molar-refractivity contribution in [3.8, 4) is 5.75 Å². The Balaban J connectivity index is 0.00000220. The number of methoxy groups -OCH3 is 1. The molecule has 0 amide bonds. The highest BCUT2D eigenvalue weighted by atomic mass is 127. The van der Waals surface area contributed by atoms with Gasteiger partial charge in [-0.2, -0.15) is 11.3 Å². The number of hydrogen-bond donors (Lipinski definition) is 2. The van der Waals surface area contributed by atoms with Gasteiger partial charge in [0.25, 0.3) is 0 Å². The Morgan fingerprint density at radius 2 is 2.14 bits per heavy atom. The maximum absolute atomic E-state index is 5.92. The maximum Gasteiger partial charge on any atom is 0.193 e. The van der Waals surface area contributed by atoms with E-state index in [2.05, 4.69) is 34.1 Å². The van der Waals surface area contributed by atoms with Crippen molar-refractivity contribution < 1.29 is 4.74 Å². The summed E-state index contributed by atoms with van der Waals surface area (Å²) in [5.74, 6) is 1.51. The summed E-state index contributed by atoms with van der Waals surface area (Å²) in [4.78, 5) is 4.38. The Bertz CT molecular complexity index is 572. The number of hydrogen-bond acceptors (Lipinski definition) is 3. The Labute approximate surface area is 146 Å². The van der Waals surface area contributed by atoms with E-state index >= 15 is 0 Å². The topological polar surface area (TPSA) is 59.6 Å². The van der Waals surface area contributed by atoms with E-state index in [0.717, 1.165) is 11.4 Å². The lowest BCUT2D eigenvalue weighted by Gasteiger charge is -2.11. The van der Waals surface area contributed by atoms with Crippen LogP contribution < -0.4 is 15.8 Å². The van der Waals surface area contributed by atoms with E-state index in [1.807, 2.05) is 24.3 Å². The molecule has 6 heteroatoms. The van der Waals surface area contributed by atoms with E-state index in [0.29, 0.717) is 18.4 Å². The second kappa shape index (κ2) is 8.89. The zero-order valence-corrected chi connectivity index (χ0v) is 15.2. The third-order valence-electron chi connectivity index (χ3n) is 3.02. The van der Waals surface area contributed by atoms with Crippen molar-refractivity contribution in [2.45, 2.75) is 12.8 Å². The van der Waals surface area contributed by atoms with Crippen molar-refractivity contribution in [3.05, 3.63) is 46.7 Å². The van der Waals surface area contributed by atoms with Gasteiger partial charge >= 0.3 is 0 Å². The lowest BCUT2D eigenvalue weighted by atomic mass is 10.1. The molecule has 1 unspecified atom stereocenters.